The van der Waals surface area contributed by atoms with Crippen molar-refractivity contribution in [3.05, 3.63) is 45.2 Å². The minimum absolute atomic E-state index is 0.0585. The normalized spacial score (nSPS) is 22.5. The van der Waals surface area contributed by atoms with Gasteiger partial charge in [-0.15, -0.1) is 11.3 Å². The highest BCUT2D eigenvalue weighted by Gasteiger charge is 2.37. The lowest BCUT2D eigenvalue weighted by atomic mass is 9.95. The number of alkyl halides is 4. The van der Waals surface area contributed by atoms with Gasteiger partial charge < -0.3 is 19.1 Å². The highest BCUT2D eigenvalue weighted by atomic mass is 32.1. The molecule has 214 valence electrons. The zero-order valence-corrected chi connectivity index (χ0v) is 22.6. The number of carboxylic acid groups (broad SMARTS) is 1. The Kier molecular flexibility index (Phi) is 8.41. The first kappa shape index (κ1) is 29.1. The number of carbonyl (C=O) groups excluding carboxylic acids is 1. The summed E-state index contributed by atoms with van der Waals surface area (Å²) in [6.07, 6.45) is -3.95. The third-order valence-electron chi connectivity index (χ3n) is 6.66. The second-order valence-electron chi connectivity index (χ2n) is 10.8. The third kappa shape index (κ3) is 6.99. The average Bonchev–Trinajstić information content (AvgIpc) is 3.58. The van der Waals surface area contributed by atoms with Gasteiger partial charge in [0, 0.05) is 24.1 Å². The van der Waals surface area contributed by atoms with Gasteiger partial charge in [-0.25, -0.2) is 9.18 Å². The van der Waals surface area contributed by atoms with E-state index in [4.69, 9.17) is 9.47 Å². The van der Waals surface area contributed by atoms with Crippen molar-refractivity contribution in [3.8, 4) is 5.75 Å². The van der Waals surface area contributed by atoms with E-state index in [0.29, 0.717) is 24.0 Å². The van der Waals surface area contributed by atoms with Crippen molar-refractivity contribution in [3.63, 3.8) is 0 Å². The van der Waals surface area contributed by atoms with Gasteiger partial charge >= 0.3 is 12.3 Å². The van der Waals surface area contributed by atoms with Crippen LogP contribution >= 0.6 is 11.3 Å². The van der Waals surface area contributed by atoms with E-state index in [1.165, 1.54) is 11.3 Å². The van der Waals surface area contributed by atoms with Gasteiger partial charge in [0.1, 0.15) is 18.5 Å². The van der Waals surface area contributed by atoms with Crippen LogP contribution in [0.15, 0.2) is 29.4 Å². The highest BCUT2D eigenvalue weighted by Crippen LogP contribution is 2.34. The van der Waals surface area contributed by atoms with Gasteiger partial charge in [0.25, 0.3) is 5.91 Å². The lowest BCUT2D eigenvalue weighted by Gasteiger charge is -2.22. The van der Waals surface area contributed by atoms with Gasteiger partial charge in [0.15, 0.2) is 4.80 Å². The first-order valence-corrected chi connectivity index (χ1v) is 13.4. The molecule has 0 unspecified atom stereocenters. The van der Waals surface area contributed by atoms with Crippen LogP contribution in [0.2, 0.25) is 0 Å². The molecule has 0 spiro atoms. The van der Waals surface area contributed by atoms with Crippen molar-refractivity contribution in [2.45, 2.75) is 76.5 Å². The predicted molar refractivity (Wildman–Crippen MR) is 135 cm³/mol. The quantitative estimate of drug-likeness (QED) is 0.477. The second-order valence-corrected chi connectivity index (χ2v) is 11.8. The van der Waals surface area contributed by atoms with Crippen LogP contribution in [0, 0.1) is 0 Å². The fourth-order valence-electron chi connectivity index (χ4n) is 4.54. The summed E-state index contributed by atoms with van der Waals surface area (Å²) in [5, 5.41) is 9.32. The minimum Gasteiger partial charge on any atom is -0.491 e. The van der Waals surface area contributed by atoms with Crippen molar-refractivity contribution in [2.24, 2.45) is 4.99 Å². The van der Waals surface area contributed by atoms with Crippen molar-refractivity contribution >= 4 is 23.3 Å². The Balaban J connectivity index is 1.69. The number of nitrogens with zero attached hydrogens (tertiary/aromatic N) is 3. The first-order chi connectivity index (χ1) is 18.2. The molecule has 2 aromatic rings. The predicted octanol–water partition coefficient (Wildman–Crippen LogP) is 5.26. The number of halogens is 4. The summed E-state index contributed by atoms with van der Waals surface area (Å²) < 4.78 is 67.5. The Hall–Kier alpha value is -2.93. The van der Waals surface area contributed by atoms with Crippen molar-refractivity contribution < 1.29 is 41.7 Å². The van der Waals surface area contributed by atoms with Crippen LogP contribution < -0.4 is 9.54 Å². The number of rotatable bonds is 6. The van der Waals surface area contributed by atoms with Gasteiger partial charge in [-0.2, -0.15) is 18.2 Å². The number of hydrogen-bond acceptors (Lipinski definition) is 5. The summed E-state index contributed by atoms with van der Waals surface area (Å²) in [5.41, 5.74) is -1.73. The van der Waals surface area contributed by atoms with E-state index in [2.05, 4.69) is 4.99 Å². The Morgan fingerprint density at radius 2 is 2.00 bits per heavy atom. The monoisotopic (exact) mass is 573 g/mol. The molecule has 1 aromatic heterocycles. The molecule has 39 heavy (non-hydrogen) atoms. The van der Waals surface area contributed by atoms with Crippen LogP contribution in [0.1, 0.15) is 60.8 Å². The summed E-state index contributed by atoms with van der Waals surface area (Å²) in [6, 6.07) is 1.60. The van der Waals surface area contributed by atoms with Gasteiger partial charge in [0.2, 0.25) is 0 Å². The first-order valence-electron chi connectivity index (χ1n) is 12.6. The maximum atomic E-state index is 13.8. The molecule has 13 heteroatoms. The van der Waals surface area contributed by atoms with Crippen LogP contribution in [0.4, 0.5) is 22.4 Å². The van der Waals surface area contributed by atoms with E-state index in [-0.39, 0.29) is 36.8 Å². The second kappa shape index (κ2) is 11.3. The van der Waals surface area contributed by atoms with E-state index in [1.807, 2.05) is 27.0 Å². The molecular weight excluding hydrogens is 542 g/mol. The molecule has 0 aliphatic carbocycles. The van der Waals surface area contributed by atoms with Crippen molar-refractivity contribution in [2.75, 3.05) is 19.8 Å². The standard InChI is InChI=1S/C26H31F4N3O5S/c1-25(2,3)21-13-32(12-18-5-4-8-37-18)23(39-21)31-22(34)19-9-15(26(28,29)30)6-7-20(19)38-14-17-10-16(27)11-33(17)24(35)36/h6-7,9,13,16-18H,4-5,8,10-12,14H2,1-3H3,(H,35,36)/b31-23-/t16-,17+,18-/m1/s1. The molecule has 2 amide bonds. The van der Waals surface area contributed by atoms with E-state index in [1.54, 1.807) is 4.57 Å². The molecule has 1 N–H and O–H groups in total. The molecule has 2 aliphatic heterocycles. The van der Waals surface area contributed by atoms with Crippen LogP contribution in [-0.4, -0.2) is 64.6 Å². The Bertz CT molecular complexity index is 1280. The van der Waals surface area contributed by atoms with Gasteiger partial charge in [-0.05, 0) is 36.5 Å². The molecule has 0 saturated carbocycles. The van der Waals surface area contributed by atoms with Crippen LogP contribution in [0.5, 0.6) is 5.75 Å². The number of likely N-dealkylation sites (tertiary alicyclic amines) is 1. The maximum Gasteiger partial charge on any atom is 0.416 e. The number of hydrogen-bond donors (Lipinski definition) is 1. The molecule has 8 nitrogen and oxygen atoms in total. The number of aromatic nitrogens is 1. The molecule has 1 aromatic carbocycles. The molecular formula is C26H31F4N3O5S. The lowest BCUT2D eigenvalue weighted by Crippen LogP contribution is -2.38. The zero-order chi connectivity index (χ0) is 28.5. The summed E-state index contributed by atoms with van der Waals surface area (Å²) >= 11 is 1.27. The van der Waals surface area contributed by atoms with Crippen LogP contribution in [-0.2, 0) is 22.9 Å². The molecule has 2 aliphatic rings. The fourth-order valence-corrected chi connectivity index (χ4v) is 5.59. The number of thiazole rings is 1. The van der Waals surface area contributed by atoms with Gasteiger partial charge in [-0.1, -0.05) is 20.8 Å². The lowest BCUT2D eigenvalue weighted by molar-refractivity contribution is -0.137. The molecule has 0 radical (unpaired) electrons. The fraction of sp³-hybridized carbons (Fsp3) is 0.577. The SMILES string of the molecule is CC(C)(C)c1cn(C[C@H]2CCCO2)/c(=N/C(=O)c2cc(C(F)(F)F)ccc2OC[C@@H]2C[C@@H](F)CN2C(=O)O)s1. The summed E-state index contributed by atoms with van der Waals surface area (Å²) in [7, 11) is 0. The summed E-state index contributed by atoms with van der Waals surface area (Å²) in [5.74, 6) is -1.13. The van der Waals surface area contributed by atoms with E-state index in [9.17, 15) is 32.3 Å². The molecule has 2 fully saturated rings. The topological polar surface area (TPSA) is 93.4 Å². The third-order valence-corrected chi connectivity index (χ3v) is 8.10. The molecule has 3 heterocycles. The number of carbonyl (C=O) groups is 2. The van der Waals surface area contributed by atoms with Crippen LogP contribution in [0.25, 0.3) is 0 Å². The maximum absolute atomic E-state index is 13.8. The number of benzene rings is 1. The van der Waals surface area contributed by atoms with E-state index < -0.39 is 41.5 Å². The van der Waals surface area contributed by atoms with Crippen LogP contribution in [0.3, 0.4) is 0 Å². The number of amides is 2. The smallest absolute Gasteiger partial charge is 0.416 e. The van der Waals surface area contributed by atoms with E-state index >= 15 is 0 Å². The average molecular weight is 574 g/mol. The largest absolute Gasteiger partial charge is 0.491 e. The van der Waals surface area contributed by atoms with Crippen molar-refractivity contribution in [1.82, 2.24) is 9.47 Å². The Morgan fingerprint density at radius 1 is 1.26 bits per heavy atom. The minimum atomic E-state index is -4.72. The van der Waals surface area contributed by atoms with E-state index in [0.717, 1.165) is 34.8 Å². The Morgan fingerprint density at radius 3 is 2.62 bits per heavy atom. The molecule has 4 rings (SSSR count). The summed E-state index contributed by atoms with van der Waals surface area (Å²) in [4.78, 5) is 31.1. The summed E-state index contributed by atoms with van der Waals surface area (Å²) in [6.45, 7) is 6.45. The van der Waals surface area contributed by atoms with Gasteiger partial charge in [-0.3, -0.25) is 9.69 Å². The molecule has 2 saturated heterocycles. The Labute approximate surface area is 226 Å². The molecule has 3 atom stereocenters. The van der Waals surface area contributed by atoms with Crippen molar-refractivity contribution in [1.29, 1.82) is 0 Å². The zero-order valence-electron chi connectivity index (χ0n) is 21.8. The number of ether oxygens (including phenoxy) is 2. The molecule has 0 bridgehead atoms. The van der Waals surface area contributed by atoms with Gasteiger partial charge in [0.05, 0.1) is 36.4 Å². The highest BCUT2D eigenvalue weighted by molar-refractivity contribution is 7.09.